The second-order valence-electron chi connectivity index (χ2n) is 15.4. The number of fused-ring (bicyclic) bond motifs is 1. The molecule has 0 radical (unpaired) electrons. The summed E-state index contributed by atoms with van der Waals surface area (Å²) in [6.45, 7) is 4.72. The number of aryl methyl sites for hydroxylation is 1. The minimum atomic E-state index is 0.321. The largest absolute Gasteiger partial charge is 0.493 e. The quantitative estimate of drug-likeness (QED) is 0.265. The van der Waals surface area contributed by atoms with Gasteiger partial charge >= 0.3 is 0 Å². The van der Waals surface area contributed by atoms with Crippen molar-refractivity contribution in [2.24, 2.45) is 41.4 Å². The van der Waals surface area contributed by atoms with E-state index in [0.717, 1.165) is 83.5 Å². The van der Waals surface area contributed by atoms with Gasteiger partial charge in [0.15, 0.2) is 0 Å². The lowest BCUT2D eigenvalue weighted by molar-refractivity contribution is -0.0798. The Labute approximate surface area is 247 Å². The van der Waals surface area contributed by atoms with Crippen LogP contribution in [-0.2, 0) is 13.1 Å². The number of aromatic nitrogens is 3. The number of hydrogen-bond donors (Lipinski definition) is 3. The monoisotopic (exact) mass is 571 g/mol. The van der Waals surface area contributed by atoms with Crippen molar-refractivity contribution in [3.63, 3.8) is 0 Å². The van der Waals surface area contributed by atoms with Gasteiger partial charge < -0.3 is 20.4 Å². The van der Waals surface area contributed by atoms with Gasteiger partial charge in [0.1, 0.15) is 16.6 Å². The molecule has 3 aromatic rings. The van der Waals surface area contributed by atoms with Crippen LogP contribution in [0.1, 0.15) is 87.2 Å². The van der Waals surface area contributed by atoms with E-state index in [1.54, 1.807) is 11.3 Å². The summed E-state index contributed by atoms with van der Waals surface area (Å²) in [4.78, 5) is 13.3. The number of rotatable bonds is 9. The highest BCUT2D eigenvalue weighted by Crippen LogP contribution is 2.58. The molecule has 8 aliphatic rings. The van der Waals surface area contributed by atoms with Gasteiger partial charge in [-0.1, -0.05) is 0 Å². The van der Waals surface area contributed by atoms with Crippen molar-refractivity contribution < 1.29 is 4.74 Å². The normalized spacial score (nSPS) is 40.2. The van der Waals surface area contributed by atoms with Crippen molar-refractivity contribution in [1.29, 1.82) is 0 Å². The van der Waals surface area contributed by atoms with Gasteiger partial charge in [0.25, 0.3) is 0 Å². The molecule has 1 aromatic carbocycles. The summed E-state index contributed by atoms with van der Waals surface area (Å²) in [7, 11) is 0. The Bertz CT molecular complexity index is 1390. The molecule has 41 heavy (non-hydrogen) atoms. The molecule has 0 aliphatic heterocycles. The maximum Gasteiger partial charge on any atom is 0.121 e. The van der Waals surface area contributed by atoms with Crippen molar-refractivity contribution in [2.45, 2.75) is 102 Å². The third-order valence-corrected chi connectivity index (χ3v) is 13.3. The summed E-state index contributed by atoms with van der Waals surface area (Å²) in [5.41, 5.74) is 4.00. The van der Waals surface area contributed by atoms with Crippen LogP contribution in [0.25, 0.3) is 11.0 Å². The molecule has 11 rings (SSSR count). The predicted octanol–water partition coefficient (Wildman–Crippen LogP) is 6.75. The van der Waals surface area contributed by atoms with E-state index in [0.29, 0.717) is 17.0 Å². The number of hydrogen-bond acceptors (Lipinski definition) is 6. The molecule has 218 valence electrons. The van der Waals surface area contributed by atoms with Crippen LogP contribution in [0.4, 0.5) is 0 Å². The third-order valence-electron chi connectivity index (χ3n) is 12.4. The molecule has 0 amide bonds. The SMILES string of the molecule is Cc1csc(CNC23CC4CC(C2)C(COc2ccc5nc(CNC67CC8CC(CC(C8)C6)C7)[nH]c5c2)C(C4)C3)n1. The topological polar surface area (TPSA) is 74.9 Å². The van der Waals surface area contributed by atoms with Crippen LogP contribution in [0.3, 0.4) is 0 Å². The fraction of sp³-hybridized carbons (Fsp3) is 0.706. The summed E-state index contributed by atoms with van der Waals surface area (Å²) in [5, 5.41) is 11.4. The average molecular weight is 572 g/mol. The van der Waals surface area contributed by atoms with Crippen LogP contribution in [0.15, 0.2) is 23.6 Å². The zero-order chi connectivity index (χ0) is 27.2. The molecular formula is C34H45N5OS. The maximum absolute atomic E-state index is 6.55. The highest BCUT2D eigenvalue weighted by molar-refractivity contribution is 7.09. The van der Waals surface area contributed by atoms with Crippen molar-refractivity contribution in [2.75, 3.05) is 6.61 Å². The van der Waals surface area contributed by atoms with E-state index in [4.69, 9.17) is 14.7 Å². The van der Waals surface area contributed by atoms with Crippen molar-refractivity contribution in [3.8, 4) is 5.75 Å². The molecule has 6 nitrogen and oxygen atoms in total. The van der Waals surface area contributed by atoms with E-state index in [-0.39, 0.29) is 0 Å². The fourth-order valence-electron chi connectivity index (χ4n) is 11.4. The molecule has 0 spiro atoms. The van der Waals surface area contributed by atoms with Crippen LogP contribution in [0, 0.1) is 48.3 Å². The number of nitrogens with one attached hydrogen (secondary N) is 3. The molecule has 8 fully saturated rings. The van der Waals surface area contributed by atoms with Gasteiger partial charge in [-0.25, -0.2) is 9.97 Å². The first-order valence-corrected chi connectivity index (χ1v) is 17.4. The highest BCUT2D eigenvalue weighted by Gasteiger charge is 2.55. The Morgan fingerprint density at radius 2 is 1.51 bits per heavy atom. The number of aromatic amines is 1. The Kier molecular flexibility index (Phi) is 5.93. The number of thiazole rings is 1. The molecule has 0 saturated heterocycles. The van der Waals surface area contributed by atoms with Gasteiger partial charge in [0, 0.05) is 34.8 Å². The van der Waals surface area contributed by atoms with Gasteiger partial charge in [-0.3, -0.25) is 0 Å². The van der Waals surface area contributed by atoms with Gasteiger partial charge in [0.2, 0.25) is 0 Å². The first-order chi connectivity index (χ1) is 20.0. The predicted molar refractivity (Wildman–Crippen MR) is 163 cm³/mol. The Hall–Kier alpha value is -1.96. The number of benzene rings is 1. The zero-order valence-corrected chi connectivity index (χ0v) is 25.3. The van der Waals surface area contributed by atoms with Crippen LogP contribution in [0.2, 0.25) is 0 Å². The molecule has 2 heterocycles. The van der Waals surface area contributed by atoms with Gasteiger partial charge in [0.05, 0.1) is 24.2 Å². The van der Waals surface area contributed by atoms with E-state index in [1.165, 1.54) is 75.6 Å². The molecule has 2 atom stereocenters. The minimum absolute atomic E-state index is 0.321. The van der Waals surface area contributed by atoms with E-state index >= 15 is 0 Å². The molecule has 2 unspecified atom stereocenters. The van der Waals surface area contributed by atoms with Crippen molar-refractivity contribution in [3.05, 3.63) is 40.1 Å². The Balaban J connectivity index is 0.832. The van der Waals surface area contributed by atoms with E-state index < -0.39 is 0 Å². The highest BCUT2D eigenvalue weighted by atomic mass is 32.1. The van der Waals surface area contributed by atoms with E-state index in [2.05, 4.69) is 46.1 Å². The first-order valence-electron chi connectivity index (χ1n) is 16.5. The lowest BCUT2D eigenvalue weighted by Crippen LogP contribution is -2.61. The second kappa shape index (κ2) is 9.52. The van der Waals surface area contributed by atoms with Gasteiger partial charge in [-0.2, -0.15) is 0 Å². The van der Waals surface area contributed by atoms with Gasteiger partial charge in [-0.15, -0.1) is 11.3 Å². The minimum Gasteiger partial charge on any atom is -0.493 e. The molecule has 8 aliphatic carbocycles. The van der Waals surface area contributed by atoms with Gasteiger partial charge in [-0.05, 0) is 131 Å². The maximum atomic E-state index is 6.55. The van der Waals surface area contributed by atoms with E-state index in [1.807, 2.05) is 0 Å². The fourth-order valence-corrected chi connectivity index (χ4v) is 12.1. The molecule has 8 bridgehead atoms. The Morgan fingerprint density at radius 3 is 2.20 bits per heavy atom. The summed E-state index contributed by atoms with van der Waals surface area (Å²) >= 11 is 1.80. The van der Waals surface area contributed by atoms with Crippen LogP contribution >= 0.6 is 11.3 Å². The zero-order valence-electron chi connectivity index (χ0n) is 24.5. The lowest BCUT2D eigenvalue weighted by atomic mass is 9.49. The summed E-state index contributed by atoms with van der Waals surface area (Å²) < 4.78 is 6.55. The molecule has 3 N–H and O–H groups in total. The standard InChI is InChI=1S/C34H45N5OS/c1-20-19-41-32(37-20)17-36-34-13-24-7-25(14-34)28(26(8-24)15-34)18-40-27-2-3-29-30(9-27)39-31(38-29)16-35-33-10-21-4-22(11-33)6-23(5-21)12-33/h2-3,9,19,21-26,28,35-36H,4-8,10-18H2,1H3,(H,38,39). The van der Waals surface area contributed by atoms with E-state index in [9.17, 15) is 0 Å². The second-order valence-corrected chi connectivity index (χ2v) is 16.3. The smallest absolute Gasteiger partial charge is 0.121 e. The van der Waals surface area contributed by atoms with Crippen LogP contribution in [-0.4, -0.2) is 32.6 Å². The van der Waals surface area contributed by atoms with Crippen molar-refractivity contribution >= 4 is 22.4 Å². The number of imidazole rings is 1. The third kappa shape index (κ3) is 4.65. The Morgan fingerprint density at radius 1 is 0.854 bits per heavy atom. The summed E-state index contributed by atoms with van der Waals surface area (Å²) in [6.07, 6.45) is 15.3. The number of nitrogens with zero attached hydrogens (tertiary/aromatic N) is 2. The van der Waals surface area contributed by atoms with Crippen molar-refractivity contribution in [1.82, 2.24) is 25.6 Å². The molecule has 7 heteroatoms. The lowest BCUT2D eigenvalue weighted by Gasteiger charge is -2.60. The first kappa shape index (κ1) is 25.5. The van der Waals surface area contributed by atoms with Crippen LogP contribution < -0.4 is 15.4 Å². The molecular weight excluding hydrogens is 526 g/mol. The summed E-state index contributed by atoms with van der Waals surface area (Å²) in [5.74, 6) is 8.09. The molecule has 2 aromatic heterocycles. The molecule has 8 saturated carbocycles. The number of H-pyrrole nitrogens is 1. The summed E-state index contributed by atoms with van der Waals surface area (Å²) in [6, 6.07) is 6.46. The number of ether oxygens (including phenoxy) is 1. The van der Waals surface area contributed by atoms with Crippen LogP contribution in [0.5, 0.6) is 5.75 Å². The average Bonchev–Trinajstić information content (AvgIpc) is 3.54.